The van der Waals surface area contributed by atoms with E-state index < -0.39 is 0 Å². The molecule has 0 rings (SSSR count). The smallest absolute Gasteiger partial charge is 0.308 e. The third kappa shape index (κ3) is 8.48. The molecule has 0 heterocycles. The highest BCUT2D eigenvalue weighted by atomic mass is 16.6. The molecule has 0 aromatic carbocycles. The maximum Gasteiger partial charge on any atom is 0.308 e. The first kappa shape index (κ1) is 17.4. The van der Waals surface area contributed by atoms with Gasteiger partial charge in [0.05, 0.1) is 12.5 Å². The predicted molar refractivity (Wildman–Crippen MR) is 71.6 cm³/mol. The minimum Gasteiger partial charge on any atom is -0.463 e. The minimum absolute atomic E-state index is 0.0260. The molecule has 4 nitrogen and oxygen atoms in total. The second-order valence-corrected chi connectivity index (χ2v) is 4.69. The lowest BCUT2D eigenvalue weighted by atomic mass is 10.0. The standard InChI is InChI=1S/C14H28O4/c1-5-6-7-8-9-12(2)14(15)18-11-13(17-4)10-16-3/h12-13H,5-11H2,1-4H3. The summed E-state index contributed by atoms with van der Waals surface area (Å²) in [4.78, 5) is 11.7. The summed E-state index contributed by atoms with van der Waals surface area (Å²) in [7, 11) is 3.19. The van der Waals surface area contributed by atoms with Crippen LogP contribution < -0.4 is 0 Å². The zero-order chi connectivity index (χ0) is 13.8. The highest BCUT2D eigenvalue weighted by molar-refractivity contribution is 5.71. The summed E-state index contributed by atoms with van der Waals surface area (Å²) in [6.45, 7) is 4.81. The maximum absolute atomic E-state index is 11.7. The van der Waals surface area contributed by atoms with Crippen LogP contribution in [-0.2, 0) is 19.0 Å². The van der Waals surface area contributed by atoms with E-state index in [1.807, 2.05) is 6.92 Å². The van der Waals surface area contributed by atoms with Crippen molar-refractivity contribution in [3.8, 4) is 0 Å². The van der Waals surface area contributed by atoms with Crippen molar-refractivity contribution < 1.29 is 19.0 Å². The van der Waals surface area contributed by atoms with Gasteiger partial charge in [-0.1, -0.05) is 39.5 Å². The Balaban J connectivity index is 3.72. The topological polar surface area (TPSA) is 44.8 Å². The van der Waals surface area contributed by atoms with E-state index in [0.717, 1.165) is 12.8 Å². The molecule has 0 amide bonds. The van der Waals surface area contributed by atoms with Crippen molar-refractivity contribution >= 4 is 5.97 Å². The molecule has 2 atom stereocenters. The highest BCUT2D eigenvalue weighted by Gasteiger charge is 2.16. The number of rotatable bonds is 11. The summed E-state index contributed by atoms with van der Waals surface area (Å²) < 4.78 is 15.3. The van der Waals surface area contributed by atoms with E-state index in [2.05, 4.69) is 6.92 Å². The van der Waals surface area contributed by atoms with Gasteiger partial charge in [0, 0.05) is 14.2 Å². The Kier molecular flexibility index (Phi) is 11.1. The predicted octanol–water partition coefficient (Wildman–Crippen LogP) is 2.80. The van der Waals surface area contributed by atoms with Gasteiger partial charge in [0.2, 0.25) is 0 Å². The van der Waals surface area contributed by atoms with Gasteiger partial charge in [-0.2, -0.15) is 0 Å². The van der Waals surface area contributed by atoms with Crippen molar-refractivity contribution in [2.45, 2.75) is 52.1 Å². The Bertz CT molecular complexity index is 206. The molecule has 4 heteroatoms. The van der Waals surface area contributed by atoms with Crippen molar-refractivity contribution in [3.05, 3.63) is 0 Å². The fraction of sp³-hybridized carbons (Fsp3) is 0.929. The summed E-state index contributed by atoms with van der Waals surface area (Å²) in [5, 5.41) is 0. The Morgan fingerprint density at radius 1 is 1.11 bits per heavy atom. The Labute approximate surface area is 111 Å². The molecular formula is C14H28O4. The van der Waals surface area contributed by atoms with Crippen LogP contribution in [0.15, 0.2) is 0 Å². The molecule has 18 heavy (non-hydrogen) atoms. The van der Waals surface area contributed by atoms with Crippen LogP contribution in [0.3, 0.4) is 0 Å². The molecule has 0 radical (unpaired) electrons. The normalized spacial score (nSPS) is 14.2. The molecule has 108 valence electrons. The van der Waals surface area contributed by atoms with Gasteiger partial charge >= 0.3 is 5.97 Å². The molecule has 0 saturated carbocycles. The lowest BCUT2D eigenvalue weighted by Crippen LogP contribution is -2.27. The molecule has 0 spiro atoms. The van der Waals surface area contributed by atoms with Crippen LogP contribution in [0.4, 0.5) is 0 Å². The molecule has 0 aromatic heterocycles. The Morgan fingerprint density at radius 3 is 2.39 bits per heavy atom. The average molecular weight is 260 g/mol. The number of carbonyl (C=O) groups excluding carboxylic acids is 1. The summed E-state index contributed by atoms with van der Waals surface area (Å²) in [5.41, 5.74) is 0. The maximum atomic E-state index is 11.7. The van der Waals surface area contributed by atoms with E-state index in [-0.39, 0.29) is 24.6 Å². The van der Waals surface area contributed by atoms with Crippen molar-refractivity contribution in [3.63, 3.8) is 0 Å². The fourth-order valence-electron chi connectivity index (χ4n) is 1.68. The summed E-state index contributed by atoms with van der Waals surface area (Å²) >= 11 is 0. The number of hydrogen-bond donors (Lipinski definition) is 0. The lowest BCUT2D eigenvalue weighted by Gasteiger charge is -2.16. The third-order valence-electron chi connectivity index (χ3n) is 2.99. The number of esters is 1. The number of ether oxygens (including phenoxy) is 3. The Hall–Kier alpha value is -0.610. The van der Waals surface area contributed by atoms with Gasteiger partial charge in [0.1, 0.15) is 12.7 Å². The molecule has 0 bridgehead atoms. The third-order valence-corrected chi connectivity index (χ3v) is 2.99. The molecule has 0 fully saturated rings. The first-order chi connectivity index (χ1) is 8.65. The zero-order valence-corrected chi connectivity index (χ0v) is 12.2. The van der Waals surface area contributed by atoms with E-state index in [1.54, 1.807) is 14.2 Å². The number of unbranched alkanes of at least 4 members (excludes halogenated alkanes) is 3. The Morgan fingerprint density at radius 2 is 1.83 bits per heavy atom. The molecule has 0 aliphatic rings. The zero-order valence-electron chi connectivity index (χ0n) is 12.2. The number of methoxy groups -OCH3 is 2. The van der Waals surface area contributed by atoms with Crippen LogP contribution in [0.5, 0.6) is 0 Å². The summed E-state index contributed by atoms with van der Waals surface area (Å²) in [6, 6.07) is 0. The van der Waals surface area contributed by atoms with Gasteiger partial charge in [0.25, 0.3) is 0 Å². The average Bonchev–Trinajstić information content (AvgIpc) is 2.38. The van der Waals surface area contributed by atoms with Crippen molar-refractivity contribution in [1.82, 2.24) is 0 Å². The van der Waals surface area contributed by atoms with Crippen molar-refractivity contribution in [2.75, 3.05) is 27.4 Å². The highest BCUT2D eigenvalue weighted by Crippen LogP contribution is 2.12. The van der Waals surface area contributed by atoms with Crippen LogP contribution in [0.1, 0.15) is 46.0 Å². The van der Waals surface area contributed by atoms with Crippen LogP contribution >= 0.6 is 0 Å². The molecule has 0 aliphatic carbocycles. The van der Waals surface area contributed by atoms with Crippen molar-refractivity contribution in [2.24, 2.45) is 5.92 Å². The lowest BCUT2D eigenvalue weighted by molar-refractivity contribution is -0.153. The SMILES string of the molecule is CCCCCCC(C)C(=O)OCC(COC)OC. The molecule has 0 N–H and O–H groups in total. The summed E-state index contributed by atoms with van der Waals surface area (Å²) in [5.74, 6) is -0.161. The van der Waals surface area contributed by atoms with Gasteiger partial charge in [-0.25, -0.2) is 0 Å². The van der Waals surface area contributed by atoms with Gasteiger partial charge in [-0.15, -0.1) is 0 Å². The first-order valence-electron chi connectivity index (χ1n) is 6.84. The largest absolute Gasteiger partial charge is 0.463 e. The van der Waals surface area contributed by atoms with E-state index >= 15 is 0 Å². The van der Waals surface area contributed by atoms with Gasteiger partial charge in [-0.3, -0.25) is 4.79 Å². The molecule has 0 aliphatic heterocycles. The quantitative estimate of drug-likeness (QED) is 0.423. The summed E-state index contributed by atoms with van der Waals surface area (Å²) in [6.07, 6.45) is 5.47. The fourth-order valence-corrected chi connectivity index (χ4v) is 1.68. The van der Waals surface area contributed by atoms with Crippen LogP contribution in [-0.4, -0.2) is 39.5 Å². The molecule has 2 unspecified atom stereocenters. The van der Waals surface area contributed by atoms with E-state index in [0.29, 0.717) is 6.61 Å². The van der Waals surface area contributed by atoms with E-state index in [1.165, 1.54) is 19.3 Å². The van der Waals surface area contributed by atoms with Gasteiger partial charge in [-0.05, 0) is 6.42 Å². The molecular weight excluding hydrogens is 232 g/mol. The van der Waals surface area contributed by atoms with Crippen molar-refractivity contribution in [1.29, 1.82) is 0 Å². The van der Waals surface area contributed by atoms with E-state index in [9.17, 15) is 4.79 Å². The van der Waals surface area contributed by atoms with Gasteiger partial charge < -0.3 is 14.2 Å². The number of carbonyl (C=O) groups is 1. The second kappa shape index (κ2) is 11.5. The minimum atomic E-state index is -0.175. The van der Waals surface area contributed by atoms with E-state index in [4.69, 9.17) is 14.2 Å². The monoisotopic (exact) mass is 260 g/mol. The van der Waals surface area contributed by atoms with Crippen LogP contribution in [0, 0.1) is 5.92 Å². The second-order valence-electron chi connectivity index (χ2n) is 4.69. The molecule has 0 aromatic rings. The first-order valence-corrected chi connectivity index (χ1v) is 6.84. The number of hydrogen-bond acceptors (Lipinski definition) is 4. The molecule has 0 saturated heterocycles. The van der Waals surface area contributed by atoms with Gasteiger partial charge in [0.15, 0.2) is 0 Å². The van der Waals surface area contributed by atoms with Crippen LogP contribution in [0.25, 0.3) is 0 Å². The van der Waals surface area contributed by atoms with Crippen LogP contribution in [0.2, 0.25) is 0 Å².